The van der Waals surface area contributed by atoms with Crippen molar-refractivity contribution in [2.24, 2.45) is 0 Å². The first kappa shape index (κ1) is 55.4. The summed E-state index contributed by atoms with van der Waals surface area (Å²) in [6.45, 7) is -14.3. The van der Waals surface area contributed by atoms with Crippen LogP contribution in [0, 0.1) is 59.3 Å². The zero-order chi connectivity index (χ0) is 79.1. The van der Waals surface area contributed by atoms with E-state index in [1.165, 1.54) is 24.5 Å². The van der Waals surface area contributed by atoms with E-state index in [1.54, 1.807) is 36.4 Å². The molecule has 0 unspecified atom stereocenters. The molecule has 0 saturated heterocycles. The van der Waals surface area contributed by atoms with Gasteiger partial charge in [-0.3, -0.25) is 9.54 Å². The van der Waals surface area contributed by atoms with Crippen LogP contribution in [0.4, 0.5) is 13.2 Å². The predicted molar refractivity (Wildman–Crippen MR) is 384 cm³/mol. The van der Waals surface area contributed by atoms with Crippen LogP contribution in [0.5, 0.6) is 0 Å². The number of hydrogen-bond donors (Lipinski definition) is 3. The van der Waals surface area contributed by atoms with Crippen LogP contribution < -0.4 is 13.3 Å². The second kappa shape index (κ2) is 42.2. The Labute approximate surface area is 625 Å². The summed E-state index contributed by atoms with van der Waals surface area (Å²) in [6, 6.07) is 67.2. The number of aliphatic hydroxyl groups is 2. The maximum absolute atomic E-state index is 10.7. The molecule has 20 heteroatoms. The standard InChI is InChI=1S/C21H17N.C21H16N.2C12H10N.CHF3O3S.2CH4O.I3.I2.2Ir/c2*1-14-11-21(22-13-15(14)2)18-9-10-20-17(12-18)8-7-16-5-3-4-6-19(16)20;2*1-10-7-8-12(13-9-10)11-5-3-2-4-6-11;2-1(3,4)8(5,6)7;2*1-2;1-3-2;1-2;;/h3-13H,1-2H3;3-8,10-13H,1-2H3;2*2-5,7-9H,1H3;(H,5,6,7);2*2H,1H3;;;;/q;3*-1;;;;-1;;;/i2*1D3,2D3;2*1D3;;;;;;;. The van der Waals surface area contributed by atoms with E-state index in [2.05, 4.69) is 125 Å². The second-order valence-electron chi connectivity index (χ2n) is 17.0. The summed E-state index contributed by atoms with van der Waals surface area (Å²) in [7, 11) is -3.84. The van der Waals surface area contributed by atoms with E-state index in [0.717, 1.165) is 97.8 Å². The van der Waals surface area contributed by atoms with Crippen molar-refractivity contribution in [3.63, 3.8) is 0 Å². The summed E-state index contributed by atoms with van der Waals surface area (Å²) >= 11 is 9.54. The molecule has 89 heavy (non-hydrogen) atoms. The van der Waals surface area contributed by atoms with E-state index in [4.69, 9.17) is 47.9 Å². The minimum absolute atomic E-state index is 0. The van der Waals surface area contributed by atoms with E-state index < -0.39 is 56.7 Å². The Morgan fingerprint density at radius 2 is 0.854 bits per heavy atom. The third-order valence-corrected chi connectivity index (χ3v) is 12.2. The van der Waals surface area contributed by atoms with Crippen LogP contribution in [0.2, 0.25) is 0 Å². The van der Waals surface area contributed by atoms with Gasteiger partial charge in [0, 0.05) is 147 Å². The molecule has 4 aromatic heterocycles. The molecule has 12 aromatic rings. The minimum Gasteiger partial charge on any atom is -0.304 e. The SMILES string of the molecule is CO.CO.II.I[I-]I.O=S(=O)(O)C(F)(F)F.[2H]C([2H])([2H])c1ccc(-c2[c-]cccc2)nc1.[2H]C([2H])([2H])c1ccc(-c2[c-]cccc2)nc1.[2H]C([2H])([2H])c1cnc(-c2[c-]cc3c(ccc4ccccc43)c2)cc1C([2H])([2H])[2H].[2H]C([2H])([2H])c1cnc(-c2ccc3c(ccc4ccccc43)c2)cc1C([2H])([2H])[2H].[Ir].[Ir]. The summed E-state index contributed by atoms with van der Waals surface area (Å²) in [5.41, 5.74) is -0.529. The number of alkyl halides is 3. The number of pyridine rings is 4. The van der Waals surface area contributed by atoms with E-state index in [-0.39, 0.29) is 73.6 Å². The molecule has 8 aromatic carbocycles. The maximum atomic E-state index is 10.7. The minimum atomic E-state index is -5.84. The van der Waals surface area contributed by atoms with Gasteiger partial charge in [-0.05, 0) is 125 Å². The smallest absolute Gasteiger partial charge is 0.304 e. The predicted octanol–water partition coefficient (Wildman–Crippen LogP) is 17.0. The molecule has 472 valence electrons. The Hall–Kier alpha value is -4.03. The quantitative estimate of drug-likeness (QED) is 0.0515. The number of hydrogen-bond acceptors (Lipinski definition) is 8. The first-order valence-electron chi connectivity index (χ1n) is 33.7. The molecule has 0 aliphatic carbocycles. The number of aliphatic hydroxyl groups excluding tert-OH is 2. The van der Waals surface area contributed by atoms with Crippen molar-refractivity contribution in [3.05, 3.63) is 264 Å². The number of rotatable bonds is 4. The van der Waals surface area contributed by atoms with Crippen LogP contribution >= 0.6 is 74.5 Å². The first-order chi connectivity index (χ1) is 49.1. The molecule has 2 radical (unpaired) electrons. The third-order valence-electron chi connectivity index (χ3n) is 11.6. The van der Waals surface area contributed by atoms with Crippen molar-refractivity contribution in [2.75, 3.05) is 14.2 Å². The summed E-state index contributed by atoms with van der Waals surface area (Å²) in [6.07, 6.45) is 5.09. The number of aryl methyl sites for hydroxylation is 6. The average molecular weight is 2150 g/mol. The summed E-state index contributed by atoms with van der Waals surface area (Å²) < 4.78 is 193. The molecule has 0 saturated carbocycles. The number of fused-ring (bicyclic) bond motifs is 6. The fourth-order valence-electron chi connectivity index (χ4n) is 7.69. The molecule has 0 aliphatic heterocycles. The molecule has 0 bridgehead atoms. The number of aromatic nitrogens is 4. The van der Waals surface area contributed by atoms with Gasteiger partial charge in [0.2, 0.25) is 0 Å². The van der Waals surface area contributed by atoms with Gasteiger partial charge >= 0.3 is 66.1 Å². The Kier molecular flexibility index (Phi) is 26.3. The molecular weight excluding hydrogens is 2070 g/mol. The second-order valence-corrected chi connectivity index (χ2v) is 34.6. The van der Waals surface area contributed by atoms with E-state index in [9.17, 15) is 13.2 Å². The fourth-order valence-corrected chi connectivity index (χ4v) is 7.69. The fraction of sp³-hybridized carbons (Fsp3) is 0.130. The Morgan fingerprint density at radius 3 is 1.28 bits per heavy atom. The van der Waals surface area contributed by atoms with Crippen LogP contribution in [-0.4, -0.2) is 62.8 Å². The first-order valence-corrected chi connectivity index (χ1v) is 45.0. The molecule has 0 spiro atoms. The van der Waals surface area contributed by atoms with Crippen molar-refractivity contribution < 1.29 is 114 Å². The van der Waals surface area contributed by atoms with Gasteiger partial charge < -0.3 is 25.2 Å². The van der Waals surface area contributed by atoms with Gasteiger partial charge in [0.15, 0.2) is 0 Å². The van der Waals surface area contributed by atoms with Crippen LogP contribution in [0.15, 0.2) is 213 Å². The zero-order valence-electron chi connectivity index (χ0n) is 64.3. The molecular formula is C69H62F3I5Ir2N4O5S-4. The molecule has 0 aliphatic rings. The van der Waals surface area contributed by atoms with Crippen molar-refractivity contribution in [1.29, 1.82) is 0 Å². The van der Waals surface area contributed by atoms with E-state index in [0.29, 0.717) is 30.2 Å². The normalized spacial score (nSPS) is 14.0. The number of nitrogens with zero attached hydrogens (tertiary/aromatic N) is 4. The van der Waals surface area contributed by atoms with Gasteiger partial charge in [-0.15, -0.1) is 101 Å². The Balaban J connectivity index is 0.000000460. The van der Waals surface area contributed by atoms with Gasteiger partial charge in [-0.25, -0.2) is 0 Å². The van der Waals surface area contributed by atoms with Crippen molar-refractivity contribution in [1.82, 2.24) is 19.9 Å². The van der Waals surface area contributed by atoms with Gasteiger partial charge in [-0.1, -0.05) is 132 Å². The summed E-state index contributed by atoms with van der Waals surface area (Å²) in [5.74, 6) is 0. The molecule has 4 heterocycles. The molecule has 12 rings (SSSR count). The van der Waals surface area contributed by atoms with Crippen LogP contribution in [0.3, 0.4) is 0 Å². The van der Waals surface area contributed by atoms with Crippen LogP contribution in [0.1, 0.15) is 58.1 Å². The molecule has 0 atom stereocenters. The topological polar surface area (TPSA) is 146 Å². The van der Waals surface area contributed by atoms with Gasteiger partial charge in [0.25, 0.3) is 0 Å². The Bertz CT molecular complexity index is 4590. The van der Waals surface area contributed by atoms with E-state index >= 15 is 0 Å². The maximum Gasteiger partial charge on any atom is 0.522 e. The van der Waals surface area contributed by atoms with Gasteiger partial charge in [-0.2, -0.15) is 21.6 Å². The number of benzene rings is 8. The average Bonchev–Trinajstić information content (AvgIpc) is 0.774. The van der Waals surface area contributed by atoms with E-state index in [1.807, 2.05) is 127 Å². The van der Waals surface area contributed by atoms with Crippen molar-refractivity contribution in [2.45, 2.75) is 46.6 Å². The zero-order valence-corrected chi connectivity index (χ0v) is 62.6. The largest absolute Gasteiger partial charge is 0.522 e. The monoisotopic (exact) mass is 2150 g/mol. The molecule has 0 amide bonds. The van der Waals surface area contributed by atoms with Crippen molar-refractivity contribution in [3.8, 4) is 45.0 Å². The summed E-state index contributed by atoms with van der Waals surface area (Å²) in [4.78, 5) is 16.7. The van der Waals surface area contributed by atoms with Gasteiger partial charge in [0.05, 0.1) is 5.69 Å². The molecule has 9 nitrogen and oxygen atoms in total. The third kappa shape index (κ3) is 25.4. The molecule has 0 fully saturated rings. The van der Waals surface area contributed by atoms with Crippen LogP contribution in [0.25, 0.3) is 88.1 Å². The Morgan fingerprint density at radius 1 is 0.449 bits per heavy atom. The van der Waals surface area contributed by atoms with Crippen LogP contribution in [-0.2, 0) is 50.3 Å². The molecule has 3 N–H and O–H groups in total. The number of halogens is 8. The van der Waals surface area contributed by atoms with Gasteiger partial charge in [0.1, 0.15) is 0 Å². The summed E-state index contributed by atoms with van der Waals surface area (Å²) in [5, 5.41) is 22.6. The van der Waals surface area contributed by atoms with Crippen molar-refractivity contribution >= 4 is 128 Å².